The predicted octanol–water partition coefficient (Wildman–Crippen LogP) is 0.155. The van der Waals surface area contributed by atoms with Crippen molar-refractivity contribution in [2.75, 3.05) is 25.7 Å². The van der Waals surface area contributed by atoms with Gasteiger partial charge in [0.2, 0.25) is 5.95 Å². The molecule has 12 heteroatoms. The van der Waals surface area contributed by atoms with Gasteiger partial charge in [0.05, 0.1) is 25.1 Å². The molecule has 0 spiro atoms. The van der Waals surface area contributed by atoms with E-state index in [0.29, 0.717) is 40.4 Å². The van der Waals surface area contributed by atoms with Crippen LogP contribution in [0.25, 0.3) is 0 Å². The van der Waals surface area contributed by atoms with Gasteiger partial charge < -0.3 is 30.7 Å². The summed E-state index contributed by atoms with van der Waals surface area (Å²) in [5, 5.41) is -0.0670. The van der Waals surface area contributed by atoms with Crippen LogP contribution >= 0.6 is 7.60 Å². The average Bonchev–Trinajstić information content (AvgIpc) is 2.73. The molecule has 0 radical (unpaired) electrons. The van der Waals surface area contributed by atoms with Crippen LogP contribution in [-0.4, -0.2) is 93.1 Å². The average molecular weight is 488 g/mol. The van der Waals surface area contributed by atoms with E-state index >= 15 is 0 Å². The predicted molar refractivity (Wildman–Crippen MR) is 132 cm³/mol. The number of benzene rings is 2. The molecule has 3 aromatic rings. The summed E-state index contributed by atoms with van der Waals surface area (Å²) in [6.07, 6.45) is 2.00. The molecule has 2 aromatic carbocycles. The van der Waals surface area contributed by atoms with Crippen molar-refractivity contribution >= 4 is 83.8 Å². The zero-order valence-corrected chi connectivity index (χ0v) is 17.8. The molecule has 0 atom stereocenters. The van der Waals surface area contributed by atoms with Gasteiger partial charge in [-0.25, -0.2) is 4.98 Å². The summed E-state index contributed by atoms with van der Waals surface area (Å²) in [5.74, 6) is 7.36. The van der Waals surface area contributed by atoms with Crippen LogP contribution in [-0.2, 0) is 11.0 Å². The van der Waals surface area contributed by atoms with Crippen LogP contribution in [0.4, 0.5) is 11.8 Å². The SMILES string of the molecule is COc1cc(Cc2cnc(N)nc2N)cc(C#Cc2ccc(P(=O)(O)O)cc2)c1OC.[NaH].[NaH]. The van der Waals surface area contributed by atoms with Crippen molar-refractivity contribution < 1.29 is 23.8 Å². The van der Waals surface area contributed by atoms with Crippen LogP contribution in [0, 0.1) is 11.8 Å². The fourth-order valence-corrected chi connectivity index (χ4v) is 3.42. The minimum atomic E-state index is -4.30. The summed E-state index contributed by atoms with van der Waals surface area (Å²) in [4.78, 5) is 26.4. The molecular formula is C21H23N4Na2O5P. The second-order valence-corrected chi connectivity index (χ2v) is 8.14. The molecule has 164 valence electrons. The molecule has 0 aliphatic carbocycles. The molecule has 1 heterocycles. The van der Waals surface area contributed by atoms with Gasteiger partial charge in [-0.1, -0.05) is 11.8 Å². The van der Waals surface area contributed by atoms with Gasteiger partial charge in [0.25, 0.3) is 0 Å². The number of hydrogen-bond donors (Lipinski definition) is 4. The Bertz CT molecular complexity index is 1220. The van der Waals surface area contributed by atoms with E-state index in [2.05, 4.69) is 21.8 Å². The molecule has 3 rings (SSSR count). The fourth-order valence-electron chi connectivity index (χ4n) is 2.89. The van der Waals surface area contributed by atoms with Crippen molar-refractivity contribution in [3.05, 3.63) is 64.8 Å². The quantitative estimate of drug-likeness (QED) is 0.223. The number of rotatable bonds is 5. The number of nitrogens with zero attached hydrogens (tertiary/aromatic N) is 2. The second kappa shape index (κ2) is 12.8. The number of ether oxygens (including phenoxy) is 2. The van der Waals surface area contributed by atoms with E-state index in [1.165, 1.54) is 26.4 Å². The summed E-state index contributed by atoms with van der Waals surface area (Å²) >= 11 is 0. The van der Waals surface area contributed by atoms with Gasteiger partial charge in [-0.3, -0.25) is 4.57 Å². The van der Waals surface area contributed by atoms with Crippen LogP contribution in [0.2, 0.25) is 0 Å². The van der Waals surface area contributed by atoms with E-state index in [9.17, 15) is 14.4 Å². The number of hydrogen-bond acceptors (Lipinski definition) is 7. The van der Waals surface area contributed by atoms with Crippen molar-refractivity contribution in [1.29, 1.82) is 0 Å². The van der Waals surface area contributed by atoms with Crippen LogP contribution in [0.1, 0.15) is 22.3 Å². The van der Waals surface area contributed by atoms with Crippen LogP contribution in [0.5, 0.6) is 11.5 Å². The van der Waals surface area contributed by atoms with Crippen molar-refractivity contribution in [3.8, 4) is 23.3 Å². The van der Waals surface area contributed by atoms with Gasteiger partial charge >= 0.3 is 66.7 Å². The minimum absolute atomic E-state index is 0. The zero-order chi connectivity index (χ0) is 22.6. The van der Waals surface area contributed by atoms with Gasteiger partial charge in [0.1, 0.15) is 5.82 Å². The van der Waals surface area contributed by atoms with Gasteiger partial charge in [0.15, 0.2) is 11.5 Å². The maximum atomic E-state index is 11.3. The molecule has 0 fully saturated rings. The summed E-state index contributed by atoms with van der Waals surface area (Å²) in [5.41, 5.74) is 14.2. The molecule has 0 saturated carbocycles. The molecule has 0 bridgehead atoms. The van der Waals surface area contributed by atoms with Crippen LogP contribution < -0.4 is 26.2 Å². The number of anilines is 2. The summed E-state index contributed by atoms with van der Waals surface area (Å²) < 4.78 is 22.2. The van der Waals surface area contributed by atoms with E-state index in [0.717, 1.165) is 5.56 Å². The Morgan fingerprint density at radius 2 is 1.70 bits per heavy atom. The van der Waals surface area contributed by atoms with E-state index < -0.39 is 7.60 Å². The fraction of sp³-hybridized carbons (Fsp3) is 0.143. The Morgan fingerprint density at radius 1 is 1.03 bits per heavy atom. The molecule has 0 saturated heterocycles. The summed E-state index contributed by atoms with van der Waals surface area (Å²) in [6, 6.07) is 9.44. The van der Waals surface area contributed by atoms with Gasteiger partial charge in [-0.05, 0) is 42.0 Å². The molecule has 1 aromatic heterocycles. The third-order valence-corrected chi connectivity index (χ3v) is 5.37. The summed E-state index contributed by atoms with van der Waals surface area (Å²) in [6.45, 7) is 0. The third-order valence-electron chi connectivity index (χ3n) is 4.40. The topological polar surface area (TPSA) is 154 Å². The number of nitrogens with two attached hydrogens (primary N) is 2. The first-order valence-electron chi connectivity index (χ1n) is 9.01. The van der Waals surface area contributed by atoms with E-state index in [1.54, 1.807) is 18.3 Å². The van der Waals surface area contributed by atoms with Crippen LogP contribution in [0.15, 0.2) is 42.6 Å². The molecular weight excluding hydrogens is 465 g/mol. The monoisotopic (exact) mass is 488 g/mol. The number of nitrogen functional groups attached to an aromatic ring is 2. The molecule has 0 aliphatic heterocycles. The molecule has 33 heavy (non-hydrogen) atoms. The molecule has 0 aliphatic rings. The normalized spacial score (nSPS) is 10.2. The van der Waals surface area contributed by atoms with Crippen molar-refractivity contribution in [3.63, 3.8) is 0 Å². The maximum absolute atomic E-state index is 11.3. The number of methoxy groups -OCH3 is 2. The van der Waals surface area contributed by atoms with Crippen molar-refractivity contribution in [1.82, 2.24) is 9.97 Å². The molecule has 6 N–H and O–H groups in total. The third kappa shape index (κ3) is 7.72. The Balaban J connectivity index is 0.00000272. The Morgan fingerprint density at radius 3 is 2.24 bits per heavy atom. The molecule has 9 nitrogen and oxygen atoms in total. The van der Waals surface area contributed by atoms with Gasteiger partial charge in [-0.2, -0.15) is 4.98 Å². The Labute approximate surface area is 236 Å². The Hall–Kier alpha value is -1.57. The molecule has 0 amide bonds. The van der Waals surface area contributed by atoms with Crippen molar-refractivity contribution in [2.24, 2.45) is 0 Å². The van der Waals surface area contributed by atoms with E-state index in [4.69, 9.17) is 20.9 Å². The standard InChI is InChI=1S/C21H21N4O5P.2Na.2H/c1-29-18-11-14(10-16-12-24-21(23)25-20(16)22)9-15(19(18)30-2)6-3-13-4-7-17(8-5-13)31(26,27)28;;;;/h4-5,7-9,11-12H,10H2,1-2H3,(H2,26,27,28)(H4,22,23,24,25);;;;. The first kappa shape index (κ1) is 29.5. The summed E-state index contributed by atoms with van der Waals surface area (Å²) in [7, 11) is -1.25. The first-order chi connectivity index (χ1) is 14.7. The number of aromatic nitrogens is 2. The molecule has 0 unspecified atom stereocenters. The van der Waals surface area contributed by atoms with Crippen LogP contribution in [0.3, 0.4) is 0 Å². The zero-order valence-electron chi connectivity index (χ0n) is 16.9. The Kier molecular flexibility index (Phi) is 11.4. The van der Waals surface area contributed by atoms with Gasteiger partial charge in [-0.15, -0.1) is 0 Å². The van der Waals surface area contributed by atoms with Crippen molar-refractivity contribution in [2.45, 2.75) is 6.42 Å². The second-order valence-electron chi connectivity index (χ2n) is 6.54. The van der Waals surface area contributed by atoms with E-state index in [-0.39, 0.29) is 70.4 Å². The van der Waals surface area contributed by atoms with Gasteiger partial charge in [0, 0.05) is 23.7 Å². The van der Waals surface area contributed by atoms with E-state index in [1.807, 2.05) is 12.1 Å². The first-order valence-corrected chi connectivity index (χ1v) is 10.6.